The Morgan fingerprint density at radius 1 is 1.60 bits per heavy atom. The number of nitrogens with zero attached hydrogens (tertiary/aromatic N) is 1. The molecule has 1 unspecified atom stereocenters. The largest absolute Gasteiger partial charge is 0.396 e. The topological polar surface area (TPSA) is 52.6 Å². The minimum Gasteiger partial charge on any atom is -0.396 e. The number of hydrogen-bond donors (Lipinski definition) is 2. The Morgan fingerprint density at radius 3 is 2.67 bits per heavy atom. The van der Waals surface area contributed by atoms with E-state index in [1.807, 2.05) is 11.8 Å². The second-order valence-electron chi connectivity index (χ2n) is 4.20. The lowest BCUT2D eigenvalue weighted by atomic mass is 9.91. The first-order valence-corrected chi connectivity index (χ1v) is 5.79. The van der Waals surface area contributed by atoms with Crippen LogP contribution >= 0.6 is 0 Å². The number of nitrogens with one attached hydrogen (secondary N) is 1. The van der Waals surface area contributed by atoms with Crippen molar-refractivity contribution in [2.75, 3.05) is 20.2 Å². The maximum atomic E-state index is 12.0. The zero-order valence-corrected chi connectivity index (χ0v) is 9.70. The van der Waals surface area contributed by atoms with Gasteiger partial charge in [0, 0.05) is 19.2 Å². The van der Waals surface area contributed by atoms with Gasteiger partial charge in [0.1, 0.15) is 0 Å². The lowest BCUT2D eigenvalue weighted by Crippen LogP contribution is -2.51. The summed E-state index contributed by atoms with van der Waals surface area (Å²) in [5, 5.41) is 11.8. The van der Waals surface area contributed by atoms with E-state index in [1.54, 1.807) is 7.05 Å². The smallest absolute Gasteiger partial charge is 0.239 e. The van der Waals surface area contributed by atoms with Gasteiger partial charge in [0.2, 0.25) is 5.91 Å². The molecule has 1 atom stereocenters. The van der Waals surface area contributed by atoms with Crippen LogP contribution in [0, 0.1) is 0 Å². The standard InChI is InChI=1S/C11H22N2O2/c1-9(12-2)11(15)13(7-4-8-14)10-5-3-6-10/h9-10,12,14H,3-8H2,1-2H3. The molecule has 0 aromatic heterocycles. The summed E-state index contributed by atoms with van der Waals surface area (Å²) in [7, 11) is 1.80. The summed E-state index contributed by atoms with van der Waals surface area (Å²) in [6.45, 7) is 2.73. The zero-order valence-electron chi connectivity index (χ0n) is 9.70. The highest BCUT2D eigenvalue weighted by atomic mass is 16.3. The molecule has 1 amide bonds. The molecule has 2 N–H and O–H groups in total. The quantitative estimate of drug-likeness (QED) is 0.671. The van der Waals surface area contributed by atoms with Crippen LogP contribution in [0.5, 0.6) is 0 Å². The summed E-state index contributed by atoms with van der Waals surface area (Å²) in [6, 6.07) is 0.296. The van der Waals surface area contributed by atoms with E-state index in [0.717, 1.165) is 12.8 Å². The van der Waals surface area contributed by atoms with Crippen LogP contribution in [0.2, 0.25) is 0 Å². The molecule has 4 nitrogen and oxygen atoms in total. The van der Waals surface area contributed by atoms with E-state index in [2.05, 4.69) is 5.32 Å². The van der Waals surface area contributed by atoms with Gasteiger partial charge in [0.15, 0.2) is 0 Å². The van der Waals surface area contributed by atoms with Gasteiger partial charge >= 0.3 is 0 Å². The average molecular weight is 214 g/mol. The molecule has 0 aliphatic heterocycles. The van der Waals surface area contributed by atoms with Crippen molar-refractivity contribution in [2.24, 2.45) is 0 Å². The summed E-state index contributed by atoms with van der Waals surface area (Å²) < 4.78 is 0. The monoisotopic (exact) mass is 214 g/mol. The molecule has 15 heavy (non-hydrogen) atoms. The number of rotatable bonds is 6. The fourth-order valence-corrected chi connectivity index (χ4v) is 1.78. The number of carbonyl (C=O) groups excluding carboxylic acids is 1. The van der Waals surface area contributed by atoms with Crippen LogP contribution < -0.4 is 5.32 Å². The Balaban J connectivity index is 2.49. The fourth-order valence-electron chi connectivity index (χ4n) is 1.78. The van der Waals surface area contributed by atoms with Crippen molar-refractivity contribution in [2.45, 2.75) is 44.7 Å². The number of hydrogen-bond acceptors (Lipinski definition) is 3. The van der Waals surface area contributed by atoms with Crippen LogP contribution in [0.3, 0.4) is 0 Å². The van der Waals surface area contributed by atoms with Crippen molar-refractivity contribution in [1.82, 2.24) is 10.2 Å². The molecule has 1 saturated carbocycles. The molecule has 88 valence electrons. The molecule has 0 aromatic carbocycles. The van der Waals surface area contributed by atoms with Gasteiger partial charge in [-0.15, -0.1) is 0 Å². The van der Waals surface area contributed by atoms with Gasteiger partial charge in [0.05, 0.1) is 6.04 Å². The van der Waals surface area contributed by atoms with Crippen LogP contribution in [0.15, 0.2) is 0 Å². The van der Waals surface area contributed by atoms with Crippen LogP contribution in [-0.2, 0) is 4.79 Å². The van der Waals surface area contributed by atoms with Crippen molar-refractivity contribution in [3.63, 3.8) is 0 Å². The summed E-state index contributed by atoms with van der Waals surface area (Å²) in [6.07, 6.45) is 4.14. The van der Waals surface area contributed by atoms with Gasteiger partial charge in [0.25, 0.3) is 0 Å². The first kappa shape index (κ1) is 12.5. The number of aliphatic hydroxyl groups excluding tert-OH is 1. The van der Waals surface area contributed by atoms with E-state index in [1.165, 1.54) is 6.42 Å². The predicted octanol–water partition coefficient (Wildman–Crippen LogP) is 0.358. The molecule has 0 bridgehead atoms. The number of carbonyl (C=O) groups is 1. The molecule has 1 aliphatic rings. The van der Waals surface area contributed by atoms with Crippen molar-refractivity contribution in [3.8, 4) is 0 Å². The number of amides is 1. The Kier molecular flexibility index (Phi) is 5.05. The van der Waals surface area contributed by atoms with Gasteiger partial charge in [-0.3, -0.25) is 4.79 Å². The van der Waals surface area contributed by atoms with Gasteiger partial charge in [-0.25, -0.2) is 0 Å². The summed E-state index contributed by atoms with van der Waals surface area (Å²) in [4.78, 5) is 13.9. The molecule has 1 rings (SSSR count). The first-order valence-electron chi connectivity index (χ1n) is 5.79. The van der Waals surface area contributed by atoms with Gasteiger partial charge in [-0.1, -0.05) is 0 Å². The molecule has 1 fully saturated rings. The first-order chi connectivity index (χ1) is 7.20. The Labute approximate surface area is 91.6 Å². The van der Waals surface area contributed by atoms with Crippen LogP contribution in [-0.4, -0.2) is 48.2 Å². The maximum absolute atomic E-state index is 12.0. The van der Waals surface area contributed by atoms with Gasteiger partial charge in [-0.2, -0.15) is 0 Å². The molecular weight excluding hydrogens is 192 g/mol. The van der Waals surface area contributed by atoms with E-state index in [-0.39, 0.29) is 18.6 Å². The van der Waals surface area contributed by atoms with E-state index in [0.29, 0.717) is 19.0 Å². The molecule has 0 spiro atoms. The van der Waals surface area contributed by atoms with Gasteiger partial charge < -0.3 is 15.3 Å². The van der Waals surface area contributed by atoms with Crippen LogP contribution in [0.25, 0.3) is 0 Å². The van der Waals surface area contributed by atoms with E-state index in [9.17, 15) is 4.79 Å². The fraction of sp³-hybridized carbons (Fsp3) is 0.909. The molecule has 0 heterocycles. The Hall–Kier alpha value is -0.610. The Bertz CT molecular complexity index is 205. The third-order valence-corrected chi connectivity index (χ3v) is 3.16. The van der Waals surface area contributed by atoms with Crippen molar-refractivity contribution in [1.29, 1.82) is 0 Å². The molecule has 0 aromatic rings. The van der Waals surface area contributed by atoms with Crippen molar-refractivity contribution < 1.29 is 9.90 Å². The normalized spacial score (nSPS) is 18.3. The highest BCUT2D eigenvalue weighted by Crippen LogP contribution is 2.25. The maximum Gasteiger partial charge on any atom is 0.239 e. The highest BCUT2D eigenvalue weighted by Gasteiger charge is 2.30. The molecule has 1 aliphatic carbocycles. The average Bonchev–Trinajstić information content (AvgIpc) is 2.19. The van der Waals surface area contributed by atoms with Crippen LogP contribution in [0.1, 0.15) is 32.6 Å². The molecule has 0 saturated heterocycles. The predicted molar refractivity (Wildman–Crippen MR) is 59.6 cm³/mol. The third kappa shape index (κ3) is 3.18. The minimum absolute atomic E-state index is 0.121. The lowest BCUT2D eigenvalue weighted by molar-refractivity contribution is -0.137. The van der Waals surface area contributed by atoms with Crippen molar-refractivity contribution in [3.05, 3.63) is 0 Å². The summed E-state index contributed by atoms with van der Waals surface area (Å²) in [5.74, 6) is 0.163. The zero-order chi connectivity index (χ0) is 11.3. The van der Waals surface area contributed by atoms with Crippen LogP contribution in [0.4, 0.5) is 0 Å². The summed E-state index contributed by atoms with van der Waals surface area (Å²) in [5.41, 5.74) is 0. The Morgan fingerprint density at radius 2 is 2.27 bits per heavy atom. The van der Waals surface area contributed by atoms with E-state index >= 15 is 0 Å². The van der Waals surface area contributed by atoms with Gasteiger partial charge in [-0.05, 0) is 39.7 Å². The molecular formula is C11H22N2O2. The minimum atomic E-state index is -0.121. The second-order valence-corrected chi connectivity index (χ2v) is 4.20. The lowest BCUT2D eigenvalue weighted by Gasteiger charge is -2.39. The highest BCUT2D eigenvalue weighted by molar-refractivity contribution is 5.81. The van der Waals surface area contributed by atoms with E-state index < -0.39 is 0 Å². The third-order valence-electron chi connectivity index (χ3n) is 3.16. The summed E-state index contributed by atoms with van der Waals surface area (Å²) >= 11 is 0. The SMILES string of the molecule is CNC(C)C(=O)N(CCCO)C1CCC1. The van der Waals surface area contributed by atoms with Crippen molar-refractivity contribution >= 4 is 5.91 Å². The second kappa shape index (κ2) is 6.08. The molecule has 4 heteroatoms. The number of aliphatic hydroxyl groups is 1. The molecule has 0 radical (unpaired) electrons. The number of likely N-dealkylation sites (N-methyl/N-ethyl adjacent to an activating group) is 1. The van der Waals surface area contributed by atoms with E-state index in [4.69, 9.17) is 5.11 Å².